The van der Waals surface area contributed by atoms with E-state index in [9.17, 15) is 8.78 Å². The second-order valence-electron chi connectivity index (χ2n) is 5.47. The minimum absolute atomic E-state index is 0.370. The SMILES string of the molecule is CN=C(NCCc1cccc(F)c1F)N1CCc2ccccc21. The molecule has 0 aromatic heterocycles. The molecule has 2 aromatic carbocycles. The molecule has 0 aliphatic carbocycles. The lowest BCUT2D eigenvalue weighted by Gasteiger charge is -2.22. The molecule has 3 nitrogen and oxygen atoms in total. The van der Waals surface area contributed by atoms with Gasteiger partial charge in [-0.15, -0.1) is 0 Å². The van der Waals surface area contributed by atoms with Crippen molar-refractivity contribution < 1.29 is 8.78 Å². The fourth-order valence-electron chi connectivity index (χ4n) is 2.90. The number of nitrogens with one attached hydrogen (secondary N) is 1. The summed E-state index contributed by atoms with van der Waals surface area (Å²) in [6, 6.07) is 12.5. The van der Waals surface area contributed by atoms with Gasteiger partial charge in [-0.3, -0.25) is 4.99 Å². The van der Waals surface area contributed by atoms with E-state index < -0.39 is 11.6 Å². The predicted octanol–water partition coefficient (Wildman–Crippen LogP) is 3.15. The number of hydrogen-bond donors (Lipinski definition) is 1. The quantitative estimate of drug-likeness (QED) is 0.696. The van der Waals surface area contributed by atoms with Crippen LogP contribution in [0.3, 0.4) is 0 Å². The third-order valence-corrected chi connectivity index (χ3v) is 4.06. The molecule has 0 atom stereocenters. The van der Waals surface area contributed by atoms with E-state index >= 15 is 0 Å². The molecule has 23 heavy (non-hydrogen) atoms. The maximum atomic E-state index is 13.7. The van der Waals surface area contributed by atoms with E-state index in [1.165, 1.54) is 11.6 Å². The molecule has 3 rings (SSSR count). The standard InChI is InChI=1S/C18H19F2N3/c1-21-18(23-12-10-13-5-2-3-8-16(13)23)22-11-9-14-6-4-7-15(19)17(14)20/h2-8H,9-12H2,1H3,(H,21,22). The lowest BCUT2D eigenvalue weighted by atomic mass is 10.1. The average Bonchev–Trinajstić information content (AvgIpc) is 2.99. The summed E-state index contributed by atoms with van der Waals surface area (Å²) < 4.78 is 26.9. The first-order chi connectivity index (χ1) is 11.2. The Morgan fingerprint density at radius 1 is 1.17 bits per heavy atom. The molecule has 0 unspecified atom stereocenters. The Morgan fingerprint density at radius 2 is 2.00 bits per heavy atom. The Kier molecular flexibility index (Phi) is 4.55. The normalized spacial score (nSPS) is 14.0. The second-order valence-corrected chi connectivity index (χ2v) is 5.47. The molecule has 5 heteroatoms. The van der Waals surface area contributed by atoms with Gasteiger partial charge in [0.2, 0.25) is 0 Å². The van der Waals surface area contributed by atoms with Crippen LogP contribution < -0.4 is 10.2 Å². The van der Waals surface area contributed by atoms with Gasteiger partial charge >= 0.3 is 0 Å². The number of nitrogens with zero attached hydrogens (tertiary/aromatic N) is 2. The Balaban J connectivity index is 1.64. The van der Waals surface area contributed by atoms with Gasteiger partial charge in [0, 0.05) is 25.8 Å². The van der Waals surface area contributed by atoms with E-state index in [0.717, 1.165) is 30.7 Å². The fourth-order valence-corrected chi connectivity index (χ4v) is 2.90. The highest BCUT2D eigenvalue weighted by Crippen LogP contribution is 2.27. The van der Waals surface area contributed by atoms with Crippen molar-refractivity contribution in [1.29, 1.82) is 0 Å². The number of anilines is 1. The van der Waals surface area contributed by atoms with Gasteiger partial charge in [0.05, 0.1) is 0 Å². The first-order valence-corrected chi connectivity index (χ1v) is 7.69. The van der Waals surface area contributed by atoms with Crippen LogP contribution in [0, 0.1) is 11.6 Å². The summed E-state index contributed by atoms with van der Waals surface area (Å²) in [6.07, 6.45) is 1.38. The molecule has 0 bridgehead atoms. The topological polar surface area (TPSA) is 27.6 Å². The molecule has 1 N–H and O–H groups in total. The monoisotopic (exact) mass is 315 g/mol. The Bertz CT molecular complexity index is 728. The molecule has 0 spiro atoms. The summed E-state index contributed by atoms with van der Waals surface area (Å²) in [5.74, 6) is -0.817. The number of guanidine groups is 1. The molecule has 1 aliphatic rings. The van der Waals surface area contributed by atoms with Crippen LogP contribution in [0.4, 0.5) is 14.5 Å². The molecule has 120 valence electrons. The van der Waals surface area contributed by atoms with E-state index in [4.69, 9.17) is 0 Å². The number of benzene rings is 2. The zero-order valence-corrected chi connectivity index (χ0v) is 13.0. The number of para-hydroxylation sites is 1. The van der Waals surface area contributed by atoms with Crippen LogP contribution in [0.25, 0.3) is 0 Å². The summed E-state index contributed by atoms with van der Waals surface area (Å²) in [6.45, 7) is 1.36. The Hall–Kier alpha value is -2.43. The van der Waals surface area contributed by atoms with Gasteiger partial charge in [0.25, 0.3) is 0 Å². The minimum atomic E-state index is -0.805. The van der Waals surface area contributed by atoms with Crippen molar-refractivity contribution in [2.45, 2.75) is 12.8 Å². The van der Waals surface area contributed by atoms with Crippen LogP contribution in [0.15, 0.2) is 47.5 Å². The van der Waals surface area contributed by atoms with Crippen LogP contribution >= 0.6 is 0 Å². The van der Waals surface area contributed by atoms with Gasteiger partial charge in [-0.05, 0) is 36.1 Å². The van der Waals surface area contributed by atoms with Crippen LogP contribution in [0.2, 0.25) is 0 Å². The van der Waals surface area contributed by atoms with E-state index in [-0.39, 0.29) is 0 Å². The van der Waals surface area contributed by atoms with Crippen LogP contribution in [0.5, 0.6) is 0 Å². The molecule has 0 saturated carbocycles. The van der Waals surface area contributed by atoms with Crippen molar-refractivity contribution >= 4 is 11.6 Å². The number of fused-ring (bicyclic) bond motifs is 1. The number of hydrogen-bond acceptors (Lipinski definition) is 1. The highest BCUT2D eigenvalue weighted by Gasteiger charge is 2.22. The number of halogens is 2. The van der Waals surface area contributed by atoms with Gasteiger partial charge in [0.15, 0.2) is 17.6 Å². The molecule has 2 aromatic rings. The van der Waals surface area contributed by atoms with E-state index in [1.807, 2.05) is 12.1 Å². The Labute approximate surface area is 134 Å². The summed E-state index contributed by atoms with van der Waals surface area (Å²) in [5.41, 5.74) is 2.82. The highest BCUT2D eigenvalue weighted by atomic mass is 19.2. The van der Waals surface area contributed by atoms with Crippen LogP contribution in [-0.2, 0) is 12.8 Å². The third kappa shape index (κ3) is 3.18. The van der Waals surface area contributed by atoms with Crippen molar-refractivity contribution in [2.75, 3.05) is 25.0 Å². The molecule has 0 amide bonds. The predicted molar refractivity (Wildman–Crippen MR) is 88.9 cm³/mol. The van der Waals surface area contributed by atoms with Gasteiger partial charge in [-0.1, -0.05) is 30.3 Å². The molecular formula is C18H19F2N3. The number of rotatable bonds is 3. The smallest absolute Gasteiger partial charge is 0.198 e. The second kappa shape index (κ2) is 6.77. The molecule has 1 aliphatic heterocycles. The highest BCUT2D eigenvalue weighted by molar-refractivity contribution is 5.97. The van der Waals surface area contributed by atoms with E-state index in [0.29, 0.717) is 18.5 Å². The molecule has 0 fully saturated rings. The van der Waals surface area contributed by atoms with Gasteiger partial charge in [0.1, 0.15) is 0 Å². The molecule has 0 saturated heterocycles. The van der Waals surface area contributed by atoms with Crippen LogP contribution in [0.1, 0.15) is 11.1 Å². The maximum absolute atomic E-state index is 13.7. The lowest BCUT2D eigenvalue weighted by Crippen LogP contribution is -2.41. The number of aliphatic imine (C=N–C) groups is 1. The van der Waals surface area contributed by atoms with Crippen molar-refractivity contribution in [3.63, 3.8) is 0 Å². The summed E-state index contributed by atoms with van der Waals surface area (Å²) >= 11 is 0. The molecule has 1 heterocycles. The van der Waals surface area contributed by atoms with Gasteiger partial charge in [-0.25, -0.2) is 8.78 Å². The zero-order valence-electron chi connectivity index (χ0n) is 13.0. The van der Waals surface area contributed by atoms with Gasteiger partial charge in [-0.2, -0.15) is 0 Å². The third-order valence-electron chi connectivity index (χ3n) is 4.06. The summed E-state index contributed by atoms with van der Waals surface area (Å²) in [4.78, 5) is 6.43. The summed E-state index contributed by atoms with van der Waals surface area (Å²) in [5, 5.41) is 3.23. The first kappa shape index (κ1) is 15.5. The average molecular weight is 315 g/mol. The van der Waals surface area contributed by atoms with E-state index in [1.54, 1.807) is 13.1 Å². The maximum Gasteiger partial charge on any atom is 0.198 e. The van der Waals surface area contributed by atoms with Gasteiger partial charge < -0.3 is 10.2 Å². The first-order valence-electron chi connectivity index (χ1n) is 7.69. The van der Waals surface area contributed by atoms with Crippen molar-refractivity contribution in [3.05, 3.63) is 65.2 Å². The van der Waals surface area contributed by atoms with E-state index in [2.05, 4.69) is 27.3 Å². The molecule has 0 radical (unpaired) electrons. The van der Waals surface area contributed by atoms with Crippen molar-refractivity contribution in [2.24, 2.45) is 4.99 Å². The zero-order chi connectivity index (χ0) is 16.2. The van der Waals surface area contributed by atoms with Crippen molar-refractivity contribution in [1.82, 2.24) is 5.32 Å². The van der Waals surface area contributed by atoms with Crippen LogP contribution in [-0.4, -0.2) is 26.1 Å². The Morgan fingerprint density at radius 3 is 2.83 bits per heavy atom. The minimum Gasteiger partial charge on any atom is -0.356 e. The summed E-state index contributed by atoms with van der Waals surface area (Å²) in [7, 11) is 1.73. The largest absolute Gasteiger partial charge is 0.356 e. The fraction of sp³-hybridized carbons (Fsp3) is 0.278. The molecular weight excluding hydrogens is 296 g/mol. The van der Waals surface area contributed by atoms with Crippen molar-refractivity contribution in [3.8, 4) is 0 Å². The lowest BCUT2D eigenvalue weighted by molar-refractivity contribution is 0.498.